The van der Waals surface area contributed by atoms with Crippen molar-refractivity contribution in [3.63, 3.8) is 0 Å². The minimum Gasteiger partial charge on any atom is -0.395 e. The Morgan fingerprint density at radius 2 is 2.00 bits per heavy atom. The van der Waals surface area contributed by atoms with Gasteiger partial charge in [0.05, 0.1) is 6.61 Å². The van der Waals surface area contributed by atoms with Crippen molar-refractivity contribution in [2.45, 2.75) is 25.8 Å². The summed E-state index contributed by atoms with van der Waals surface area (Å²) < 4.78 is 0. The lowest BCUT2D eigenvalue weighted by Gasteiger charge is -2.25. The van der Waals surface area contributed by atoms with E-state index in [4.69, 9.17) is 5.11 Å². The van der Waals surface area contributed by atoms with Gasteiger partial charge < -0.3 is 10.4 Å². The van der Waals surface area contributed by atoms with Crippen LogP contribution in [0.3, 0.4) is 0 Å². The van der Waals surface area contributed by atoms with Crippen LogP contribution in [0, 0.1) is 5.92 Å². The lowest BCUT2D eigenvalue weighted by atomic mass is 9.97. The molecule has 11 heavy (non-hydrogen) atoms. The Kier molecular flexibility index (Phi) is 9.37. The van der Waals surface area contributed by atoms with Gasteiger partial charge >= 0.3 is 0 Å². The summed E-state index contributed by atoms with van der Waals surface area (Å²) >= 11 is 0. The summed E-state index contributed by atoms with van der Waals surface area (Å²) in [6.07, 6.45) is 2.40. The van der Waals surface area contributed by atoms with Crippen molar-refractivity contribution in [1.82, 2.24) is 5.32 Å². The van der Waals surface area contributed by atoms with Crippen LogP contribution in [0.15, 0.2) is 0 Å². The first-order valence-electron chi connectivity index (χ1n) is 3.67. The first-order chi connectivity index (χ1) is 4.33. The molecule has 1 saturated heterocycles. The fourth-order valence-electron chi connectivity index (χ4n) is 1.21. The fraction of sp³-hybridized carbons (Fsp3) is 1.00. The van der Waals surface area contributed by atoms with E-state index in [2.05, 4.69) is 12.2 Å². The van der Waals surface area contributed by atoms with Crippen LogP contribution < -0.4 is 5.32 Å². The number of aliphatic hydroxyl groups excluding tert-OH is 1. The van der Waals surface area contributed by atoms with Crippen molar-refractivity contribution >= 4 is 27.0 Å². The Bertz CT molecular complexity index is 84.5. The van der Waals surface area contributed by atoms with Crippen molar-refractivity contribution < 1.29 is 5.11 Å². The van der Waals surface area contributed by atoms with Crippen molar-refractivity contribution in [2.75, 3.05) is 13.2 Å². The van der Waals surface area contributed by atoms with Crippen LogP contribution in [0.1, 0.15) is 19.8 Å². The number of nitrogens with one attached hydrogen (secondary N) is 1. The van der Waals surface area contributed by atoms with E-state index in [0.29, 0.717) is 12.6 Å². The number of piperidine rings is 1. The Hall–Kier alpha value is 0.620. The van der Waals surface area contributed by atoms with Crippen LogP contribution >= 0.6 is 27.0 Å². The van der Waals surface area contributed by atoms with Gasteiger partial charge in [0.2, 0.25) is 0 Å². The standard InChI is InChI=1S/C7H15NO.2H2S/c1-6-2-3-7(5-9)8-4-6;;/h6-9H,2-5H2,1H3;2*1H2/t6-,7+;;/m1../s1. The maximum Gasteiger partial charge on any atom is 0.0584 e. The topological polar surface area (TPSA) is 32.3 Å². The average molecular weight is 197 g/mol. The second kappa shape index (κ2) is 7.28. The first kappa shape index (κ1) is 14.2. The molecule has 0 aromatic carbocycles. The van der Waals surface area contributed by atoms with E-state index in [9.17, 15) is 0 Å². The SMILES string of the molecule is C[C@@H]1CC[C@@H](CO)NC1.S.S. The van der Waals surface area contributed by atoms with Gasteiger partial charge in [-0.2, -0.15) is 27.0 Å². The minimum absolute atomic E-state index is 0. The van der Waals surface area contributed by atoms with E-state index in [0.717, 1.165) is 18.9 Å². The van der Waals surface area contributed by atoms with Gasteiger partial charge in [0.1, 0.15) is 0 Å². The molecule has 4 heteroatoms. The van der Waals surface area contributed by atoms with Crippen molar-refractivity contribution in [2.24, 2.45) is 5.92 Å². The second-order valence-electron chi connectivity index (χ2n) is 2.97. The van der Waals surface area contributed by atoms with E-state index in [1.54, 1.807) is 0 Å². The van der Waals surface area contributed by atoms with Gasteiger partial charge in [-0.05, 0) is 25.3 Å². The van der Waals surface area contributed by atoms with Gasteiger partial charge in [-0.15, -0.1) is 0 Å². The second-order valence-corrected chi connectivity index (χ2v) is 2.97. The molecular weight excluding hydrogens is 178 g/mol. The molecule has 1 fully saturated rings. The lowest BCUT2D eigenvalue weighted by molar-refractivity contribution is 0.203. The average Bonchev–Trinajstić information content (AvgIpc) is 1.90. The molecule has 1 aliphatic rings. The summed E-state index contributed by atoms with van der Waals surface area (Å²) in [5.74, 6) is 0.799. The summed E-state index contributed by atoms with van der Waals surface area (Å²) in [5, 5.41) is 12.0. The van der Waals surface area contributed by atoms with Gasteiger partial charge in [0.25, 0.3) is 0 Å². The van der Waals surface area contributed by atoms with Crippen LogP contribution in [-0.2, 0) is 0 Å². The van der Waals surface area contributed by atoms with Crippen LogP contribution in [0.4, 0.5) is 0 Å². The molecule has 1 aliphatic heterocycles. The summed E-state index contributed by atoms with van der Waals surface area (Å²) in [7, 11) is 0. The lowest BCUT2D eigenvalue weighted by Crippen LogP contribution is -2.40. The van der Waals surface area contributed by atoms with Crippen LogP contribution in [0.5, 0.6) is 0 Å². The fourth-order valence-corrected chi connectivity index (χ4v) is 1.21. The highest BCUT2D eigenvalue weighted by Gasteiger charge is 2.15. The third-order valence-corrected chi connectivity index (χ3v) is 1.98. The maximum atomic E-state index is 8.71. The Labute approximate surface area is 82.7 Å². The maximum absolute atomic E-state index is 8.71. The summed E-state index contributed by atoms with van der Waals surface area (Å²) in [6, 6.07) is 0.376. The zero-order valence-corrected chi connectivity index (χ0v) is 8.93. The first-order valence-corrected chi connectivity index (χ1v) is 3.67. The predicted octanol–water partition coefficient (Wildman–Crippen LogP) is 0.592. The van der Waals surface area contributed by atoms with Crippen molar-refractivity contribution in [3.05, 3.63) is 0 Å². The largest absolute Gasteiger partial charge is 0.395 e. The Balaban J connectivity index is 0. The molecule has 2 nitrogen and oxygen atoms in total. The molecule has 0 spiro atoms. The molecule has 1 rings (SSSR count). The Morgan fingerprint density at radius 3 is 2.36 bits per heavy atom. The van der Waals surface area contributed by atoms with Crippen LogP contribution in [-0.4, -0.2) is 24.3 Å². The highest BCUT2D eigenvalue weighted by Crippen LogP contribution is 2.12. The molecule has 0 aliphatic carbocycles. The molecule has 1 heterocycles. The normalized spacial score (nSPS) is 30.0. The minimum atomic E-state index is 0. The molecule has 0 unspecified atom stereocenters. The Morgan fingerprint density at radius 1 is 1.36 bits per heavy atom. The molecule has 0 aromatic rings. The molecule has 0 aromatic heterocycles. The van der Waals surface area contributed by atoms with E-state index in [1.807, 2.05) is 0 Å². The number of hydrogen-bond donors (Lipinski definition) is 2. The third-order valence-electron chi connectivity index (χ3n) is 1.98. The predicted molar refractivity (Wildman–Crippen MR) is 58.0 cm³/mol. The third kappa shape index (κ3) is 4.95. The molecular formula is C7H19NOS2. The van der Waals surface area contributed by atoms with Gasteiger partial charge in [-0.1, -0.05) is 6.92 Å². The molecule has 2 atom stereocenters. The molecule has 2 N–H and O–H groups in total. The monoisotopic (exact) mass is 197 g/mol. The summed E-state index contributed by atoms with van der Waals surface area (Å²) in [5.41, 5.74) is 0. The molecule has 0 saturated carbocycles. The van der Waals surface area contributed by atoms with E-state index < -0.39 is 0 Å². The van der Waals surface area contributed by atoms with Gasteiger partial charge in [0, 0.05) is 6.04 Å². The van der Waals surface area contributed by atoms with Crippen LogP contribution in [0.25, 0.3) is 0 Å². The molecule has 0 bridgehead atoms. The molecule has 70 valence electrons. The zero-order chi connectivity index (χ0) is 6.69. The van der Waals surface area contributed by atoms with Crippen molar-refractivity contribution in [1.29, 1.82) is 0 Å². The van der Waals surface area contributed by atoms with E-state index in [1.165, 1.54) is 6.42 Å². The highest BCUT2D eigenvalue weighted by molar-refractivity contribution is 7.59. The van der Waals surface area contributed by atoms with Gasteiger partial charge in [0.15, 0.2) is 0 Å². The summed E-state index contributed by atoms with van der Waals surface area (Å²) in [4.78, 5) is 0. The zero-order valence-electron chi connectivity index (χ0n) is 6.93. The van der Waals surface area contributed by atoms with Crippen LogP contribution in [0.2, 0.25) is 0 Å². The molecule has 0 radical (unpaired) electrons. The number of rotatable bonds is 1. The quantitative estimate of drug-likeness (QED) is 0.645. The number of hydrogen-bond acceptors (Lipinski definition) is 2. The van der Waals surface area contributed by atoms with E-state index >= 15 is 0 Å². The molecule has 0 amide bonds. The smallest absolute Gasteiger partial charge is 0.0584 e. The van der Waals surface area contributed by atoms with Gasteiger partial charge in [-0.25, -0.2) is 0 Å². The van der Waals surface area contributed by atoms with E-state index in [-0.39, 0.29) is 27.0 Å². The number of aliphatic hydroxyl groups is 1. The van der Waals surface area contributed by atoms with Crippen molar-refractivity contribution in [3.8, 4) is 0 Å². The van der Waals surface area contributed by atoms with Gasteiger partial charge in [-0.3, -0.25) is 0 Å². The highest BCUT2D eigenvalue weighted by atomic mass is 32.1. The summed E-state index contributed by atoms with van der Waals surface area (Å²) in [6.45, 7) is 3.61.